The van der Waals surface area contributed by atoms with Gasteiger partial charge in [-0.3, -0.25) is 5.32 Å². The van der Waals surface area contributed by atoms with E-state index in [0.29, 0.717) is 22.9 Å². The summed E-state index contributed by atoms with van der Waals surface area (Å²) >= 11 is 0. The van der Waals surface area contributed by atoms with Crippen molar-refractivity contribution in [3.8, 4) is 11.5 Å². The fraction of sp³-hybridized carbons (Fsp3) is 0.235. The Morgan fingerprint density at radius 1 is 0.958 bits per heavy atom. The summed E-state index contributed by atoms with van der Waals surface area (Å²) in [5, 5.41) is 13.0. The maximum atomic E-state index is 12.0. The largest absolute Gasteiger partial charge is 0.466 e. The second-order valence-corrected chi connectivity index (χ2v) is 5.62. The highest BCUT2D eigenvalue weighted by Gasteiger charge is 2.16. The summed E-state index contributed by atoms with van der Waals surface area (Å²) in [5.74, 6) is 1.73. The Morgan fingerprint density at radius 2 is 1.75 bits per heavy atom. The molecule has 2 amide bonds. The van der Waals surface area contributed by atoms with Crippen LogP contribution in [0.15, 0.2) is 33.1 Å². The van der Waals surface area contributed by atoms with E-state index in [1.54, 1.807) is 0 Å². The average Bonchev–Trinajstić information content (AvgIpc) is 3.09. The number of aryl methyl sites for hydroxylation is 4. The first kappa shape index (κ1) is 15.8. The predicted octanol–water partition coefficient (Wildman–Crippen LogP) is 4.21. The van der Waals surface area contributed by atoms with Gasteiger partial charge < -0.3 is 14.2 Å². The highest BCUT2D eigenvalue weighted by atomic mass is 16.4. The Kier molecular flexibility index (Phi) is 4.07. The number of nitrogens with one attached hydrogen (secondary N) is 2. The highest BCUT2D eigenvalue weighted by molar-refractivity contribution is 5.98. The number of carbonyl (C=O) groups excluding carboxylic acids is 1. The normalized spacial score (nSPS) is 10.7. The van der Waals surface area contributed by atoms with E-state index in [4.69, 9.17) is 8.83 Å². The molecule has 0 saturated heterocycles. The number of rotatable bonds is 3. The Morgan fingerprint density at radius 3 is 2.42 bits per heavy atom. The Hall–Kier alpha value is -3.09. The van der Waals surface area contributed by atoms with Gasteiger partial charge in [-0.2, -0.15) is 0 Å². The van der Waals surface area contributed by atoms with Gasteiger partial charge in [0.15, 0.2) is 0 Å². The molecule has 0 saturated carbocycles. The number of furan rings is 1. The zero-order chi connectivity index (χ0) is 17.3. The van der Waals surface area contributed by atoms with Crippen molar-refractivity contribution in [2.45, 2.75) is 27.7 Å². The number of anilines is 2. The first-order chi connectivity index (χ1) is 11.4. The van der Waals surface area contributed by atoms with Gasteiger partial charge in [-0.05, 0) is 57.0 Å². The van der Waals surface area contributed by atoms with Crippen LogP contribution in [0.2, 0.25) is 0 Å². The summed E-state index contributed by atoms with van der Waals surface area (Å²) in [6.45, 7) is 7.64. The van der Waals surface area contributed by atoms with Crippen LogP contribution in [0.4, 0.5) is 16.5 Å². The first-order valence-corrected chi connectivity index (χ1v) is 7.48. The van der Waals surface area contributed by atoms with Crippen molar-refractivity contribution in [3.05, 3.63) is 46.9 Å². The van der Waals surface area contributed by atoms with Crippen molar-refractivity contribution in [3.63, 3.8) is 0 Å². The van der Waals surface area contributed by atoms with Crippen LogP contribution < -0.4 is 10.6 Å². The molecule has 2 aromatic heterocycles. The van der Waals surface area contributed by atoms with E-state index in [-0.39, 0.29) is 6.01 Å². The summed E-state index contributed by atoms with van der Waals surface area (Å²) in [4.78, 5) is 12.0. The van der Waals surface area contributed by atoms with E-state index in [2.05, 4.69) is 20.8 Å². The van der Waals surface area contributed by atoms with Gasteiger partial charge >= 0.3 is 12.0 Å². The van der Waals surface area contributed by atoms with Gasteiger partial charge in [-0.25, -0.2) is 4.79 Å². The molecule has 1 aromatic carbocycles. The molecule has 0 unspecified atom stereocenters. The van der Waals surface area contributed by atoms with Crippen LogP contribution in [-0.2, 0) is 0 Å². The number of hydrogen-bond acceptors (Lipinski definition) is 5. The second-order valence-electron chi connectivity index (χ2n) is 5.62. The summed E-state index contributed by atoms with van der Waals surface area (Å²) in [7, 11) is 0. The lowest BCUT2D eigenvalue weighted by Crippen LogP contribution is -2.19. The van der Waals surface area contributed by atoms with Crippen LogP contribution >= 0.6 is 0 Å². The van der Waals surface area contributed by atoms with E-state index in [1.165, 1.54) is 0 Å². The minimum Gasteiger partial charge on any atom is -0.466 e. The summed E-state index contributed by atoms with van der Waals surface area (Å²) in [6, 6.07) is 7.05. The first-order valence-electron chi connectivity index (χ1n) is 7.48. The molecule has 0 bridgehead atoms. The van der Waals surface area contributed by atoms with Crippen LogP contribution in [0.5, 0.6) is 0 Å². The van der Waals surface area contributed by atoms with Crippen molar-refractivity contribution in [2.24, 2.45) is 0 Å². The molecule has 0 radical (unpaired) electrons. The van der Waals surface area contributed by atoms with Crippen molar-refractivity contribution in [1.82, 2.24) is 10.2 Å². The van der Waals surface area contributed by atoms with Crippen molar-refractivity contribution < 1.29 is 13.6 Å². The van der Waals surface area contributed by atoms with Gasteiger partial charge in [-0.1, -0.05) is 11.2 Å². The number of aromatic nitrogens is 2. The third kappa shape index (κ3) is 3.29. The zero-order valence-corrected chi connectivity index (χ0v) is 13.9. The van der Waals surface area contributed by atoms with Gasteiger partial charge in [0.1, 0.15) is 11.5 Å². The fourth-order valence-electron chi connectivity index (χ4n) is 2.30. The molecular weight excluding hydrogens is 308 g/mol. The topological polar surface area (TPSA) is 93.2 Å². The quantitative estimate of drug-likeness (QED) is 0.752. The SMILES string of the molecule is Cc1cc(-c2nnc(NC(=O)Nc3ccc(C)c(C)c3)o2)c(C)o1. The van der Waals surface area contributed by atoms with Crippen molar-refractivity contribution in [2.75, 3.05) is 10.6 Å². The smallest absolute Gasteiger partial charge is 0.327 e. The fourth-order valence-corrected chi connectivity index (χ4v) is 2.30. The van der Waals surface area contributed by atoms with E-state index in [1.807, 2.05) is 52.0 Å². The van der Waals surface area contributed by atoms with Gasteiger partial charge in [-0.15, -0.1) is 5.10 Å². The lowest BCUT2D eigenvalue weighted by Gasteiger charge is -2.07. The maximum Gasteiger partial charge on any atom is 0.327 e. The standard InChI is InChI=1S/C17H18N4O3/c1-9-5-6-13(7-10(9)2)18-16(22)19-17-21-20-15(24-17)14-8-11(3)23-12(14)4/h5-8H,1-4H3,(H2,18,19,21,22). The Bertz CT molecular complexity index is 895. The molecule has 0 aliphatic rings. The van der Waals surface area contributed by atoms with Crippen molar-refractivity contribution >= 4 is 17.7 Å². The molecule has 0 spiro atoms. The molecule has 0 aliphatic carbocycles. The third-order valence-corrected chi connectivity index (χ3v) is 3.68. The maximum absolute atomic E-state index is 12.0. The monoisotopic (exact) mass is 326 g/mol. The zero-order valence-electron chi connectivity index (χ0n) is 13.9. The Labute approximate surface area is 139 Å². The number of benzene rings is 1. The van der Waals surface area contributed by atoms with Crippen LogP contribution in [0.1, 0.15) is 22.6 Å². The lowest BCUT2D eigenvalue weighted by atomic mass is 10.1. The predicted molar refractivity (Wildman–Crippen MR) is 90.0 cm³/mol. The molecule has 3 rings (SSSR count). The molecule has 7 nitrogen and oxygen atoms in total. The number of carbonyl (C=O) groups is 1. The van der Waals surface area contributed by atoms with Crippen LogP contribution in [0, 0.1) is 27.7 Å². The molecule has 0 fully saturated rings. The minimum atomic E-state index is -0.450. The molecule has 2 N–H and O–H groups in total. The summed E-state index contributed by atoms with van der Waals surface area (Å²) < 4.78 is 10.9. The average molecular weight is 326 g/mol. The molecule has 124 valence electrons. The van der Waals surface area contributed by atoms with E-state index in [9.17, 15) is 4.79 Å². The van der Waals surface area contributed by atoms with Crippen molar-refractivity contribution in [1.29, 1.82) is 0 Å². The van der Waals surface area contributed by atoms with Gasteiger partial charge in [0.05, 0.1) is 5.56 Å². The Balaban J connectivity index is 1.69. The second kappa shape index (κ2) is 6.19. The van der Waals surface area contributed by atoms with Gasteiger partial charge in [0, 0.05) is 5.69 Å². The minimum absolute atomic E-state index is 0.0181. The molecule has 0 aliphatic heterocycles. The van der Waals surface area contributed by atoms with Crippen LogP contribution in [0.3, 0.4) is 0 Å². The van der Waals surface area contributed by atoms with Crippen LogP contribution in [0.25, 0.3) is 11.5 Å². The van der Waals surface area contributed by atoms with Gasteiger partial charge in [0.2, 0.25) is 0 Å². The summed E-state index contributed by atoms with van der Waals surface area (Å²) in [5.41, 5.74) is 3.66. The third-order valence-electron chi connectivity index (χ3n) is 3.68. The number of urea groups is 1. The van der Waals surface area contributed by atoms with Crippen LogP contribution in [-0.4, -0.2) is 16.2 Å². The van der Waals surface area contributed by atoms with Gasteiger partial charge in [0.25, 0.3) is 5.89 Å². The number of hydrogen-bond donors (Lipinski definition) is 2. The molecule has 2 heterocycles. The lowest BCUT2D eigenvalue weighted by molar-refractivity contribution is 0.261. The highest BCUT2D eigenvalue weighted by Crippen LogP contribution is 2.26. The summed E-state index contributed by atoms with van der Waals surface area (Å²) in [6.07, 6.45) is 0. The molecular formula is C17H18N4O3. The molecule has 3 aromatic rings. The van der Waals surface area contributed by atoms with E-state index in [0.717, 1.165) is 16.9 Å². The number of nitrogens with zero attached hydrogens (tertiary/aromatic N) is 2. The van der Waals surface area contributed by atoms with E-state index < -0.39 is 6.03 Å². The van der Waals surface area contributed by atoms with E-state index >= 15 is 0 Å². The molecule has 0 atom stereocenters. The molecule has 7 heteroatoms. The molecule has 24 heavy (non-hydrogen) atoms. The number of amides is 2.